The van der Waals surface area contributed by atoms with Gasteiger partial charge in [-0.3, -0.25) is 9.58 Å². The maximum Gasteiger partial charge on any atom is 0.0663 e. The second-order valence-corrected chi connectivity index (χ2v) is 5.05. The van der Waals surface area contributed by atoms with E-state index in [-0.39, 0.29) is 12.4 Å². The average Bonchev–Trinajstić information content (AvgIpc) is 2.50. The minimum Gasteiger partial charge on any atom is -0.327 e. The predicted molar refractivity (Wildman–Crippen MR) is 70.6 cm³/mol. The van der Waals surface area contributed by atoms with Crippen molar-refractivity contribution in [3.63, 3.8) is 0 Å². The van der Waals surface area contributed by atoms with E-state index in [0.29, 0.717) is 6.04 Å². The van der Waals surface area contributed by atoms with E-state index in [1.165, 1.54) is 12.1 Å². The van der Waals surface area contributed by atoms with E-state index in [0.717, 1.165) is 30.5 Å². The highest BCUT2D eigenvalue weighted by Crippen LogP contribution is 2.19. The Hall–Kier alpha value is -0.100. The second-order valence-electron chi connectivity index (χ2n) is 4.20. The summed E-state index contributed by atoms with van der Waals surface area (Å²) in [5, 5.41) is 4.21. The number of hydrogen-bond acceptors (Lipinski definition) is 3. The molecule has 0 aliphatic carbocycles. The quantitative estimate of drug-likeness (QED) is 0.901. The van der Waals surface area contributed by atoms with Crippen LogP contribution in [0.2, 0.25) is 0 Å². The first-order valence-corrected chi connectivity index (χ1v) is 6.10. The average molecular weight is 310 g/mol. The fourth-order valence-corrected chi connectivity index (χ4v) is 2.53. The minimum absolute atomic E-state index is 0. The maximum absolute atomic E-state index is 5.95. The Labute approximate surface area is 111 Å². The van der Waals surface area contributed by atoms with Gasteiger partial charge in [0.25, 0.3) is 0 Å². The predicted octanol–water partition coefficient (Wildman–Crippen LogP) is 1.53. The lowest BCUT2D eigenvalue weighted by atomic mass is 10.1. The van der Waals surface area contributed by atoms with Crippen molar-refractivity contribution in [1.82, 2.24) is 14.7 Å². The molecular formula is C10H18BrClN4. The van der Waals surface area contributed by atoms with Gasteiger partial charge in [0, 0.05) is 26.2 Å². The van der Waals surface area contributed by atoms with E-state index in [4.69, 9.17) is 5.73 Å². The number of likely N-dealkylation sites (tertiary alicyclic amines) is 1. The van der Waals surface area contributed by atoms with Crippen LogP contribution in [0.15, 0.2) is 10.7 Å². The van der Waals surface area contributed by atoms with Gasteiger partial charge in [-0.2, -0.15) is 5.10 Å². The van der Waals surface area contributed by atoms with E-state index < -0.39 is 0 Å². The third kappa shape index (κ3) is 3.20. The van der Waals surface area contributed by atoms with Gasteiger partial charge in [0.05, 0.1) is 16.4 Å². The lowest BCUT2D eigenvalue weighted by Gasteiger charge is -2.30. The van der Waals surface area contributed by atoms with E-state index in [1.54, 1.807) is 0 Å². The summed E-state index contributed by atoms with van der Waals surface area (Å²) in [5.74, 6) is 0. The van der Waals surface area contributed by atoms with E-state index in [1.807, 2.05) is 17.9 Å². The van der Waals surface area contributed by atoms with Crippen molar-refractivity contribution in [1.29, 1.82) is 0 Å². The molecule has 0 saturated carbocycles. The molecule has 0 bridgehead atoms. The third-order valence-corrected chi connectivity index (χ3v) is 3.59. The number of nitrogens with zero attached hydrogens (tertiary/aromatic N) is 3. The molecule has 0 aromatic carbocycles. The van der Waals surface area contributed by atoms with Crippen LogP contribution >= 0.6 is 28.3 Å². The lowest BCUT2D eigenvalue weighted by molar-refractivity contribution is 0.197. The van der Waals surface area contributed by atoms with E-state index >= 15 is 0 Å². The number of halogens is 2. The Kier molecular flexibility index (Phi) is 5.24. The van der Waals surface area contributed by atoms with Crippen molar-refractivity contribution < 1.29 is 0 Å². The fraction of sp³-hybridized carbons (Fsp3) is 0.700. The fourth-order valence-electron chi connectivity index (χ4n) is 2.06. The summed E-state index contributed by atoms with van der Waals surface area (Å²) in [7, 11) is 1.98. The number of rotatable bonds is 2. The van der Waals surface area contributed by atoms with Crippen molar-refractivity contribution >= 4 is 28.3 Å². The molecule has 0 unspecified atom stereocenters. The summed E-state index contributed by atoms with van der Waals surface area (Å²) < 4.78 is 3.01. The van der Waals surface area contributed by atoms with Gasteiger partial charge in [-0.15, -0.1) is 12.4 Å². The van der Waals surface area contributed by atoms with Gasteiger partial charge in [-0.25, -0.2) is 0 Å². The summed E-state index contributed by atoms with van der Waals surface area (Å²) in [6, 6.07) is 0.339. The first-order valence-electron chi connectivity index (χ1n) is 5.31. The van der Waals surface area contributed by atoms with Gasteiger partial charge in [-0.05, 0) is 35.3 Å². The van der Waals surface area contributed by atoms with Crippen LogP contribution in [-0.4, -0.2) is 33.8 Å². The Morgan fingerprint density at radius 1 is 1.62 bits per heavy atom. The highest BCUT2D eigenvalue weighted by atomic mass is 79.9. The van der Waals surface area contributed by atoms with Crippen LogP contribution in [0, 0.1) is 0 Å². The topological polar surface area (TPSA) is 47.1 Å². The number of aryl methyl sites for hydroxylation is 1. The molecule has 2 rings (SSSR count). The third-order valence-electron chi connectivity index (χ3n) is 2.93. The van der Waals surface area contributed by atoms with Gasteiger partial charge in [0.2, 0.25) is 0 Å². The zero-order valence-corrected chi connectivity index (χ0v) is 11.8. The molecule has 2 N–H and O–H groups in total. The van der Waals surface area contributed by atoms with Crippen LogP contribution in [-0.2, 0) is 13.6 Å². The van der Waals surface area contributed by atoms with Gasteiger partial charge in [0.15, 0.2) is 0 Å². The smallest absolute Gasteiger partial charge is 0.0663 e. The second kappa shape index (κ2) is 6.00. The summed E-state index contributed by atoms with van der Waals surface area (Å²) in [6.45, 7) is 3.08. The van der Waals surface area contributed by atoms with Gasteiger partial charge >= 0.3 is 0 Å². The van der Waals surface area contributed by atoms with Crippen molar-refractivity contribution in [3.8, 4) is 0 Å². The SMILES string of the molecule is Cl.Cn1ncc(Br)c1CN1CCC[C@@H](N)C1. The van der Waals surface area contributed by atoms with Crippen molar-refractivity contribution in [3.05, 3.63) is 16.4 Å². The molecule has 1 aliphatic heterocycles. The molecule has 16 heavy (non-hydrogen) atoms. The Bertz CT molecular complexity index is 322. The van der Waals surface area contributed by atoms with Crippen molar-refractivity contribution in [2.24, 2.45) is 12.8 Å². The number of hydrogen-bond donors (Lipinski definition) is 1. The van der Waals surface area contributed by atoms with Crippen LogP contribution in [0.5, 0.6) is 0 Å². The van der Waals surface area contributed by atoms with Crippen LogP contribution in [0.3, 0.4) is 0 Å². The zero-order chi connectivity index (χ0) is 10.8. The molecule has 6 heteroatoms. The van der Waals surface area contributed by atoms with E-state index in [9.17, 15) is 0 Å². The van der Waals surface area contributed by atoms with E-state index in [2.05, 4.69) is 25.9 Å². The molecular weight excluding hydrogens is 291 g/mol. The van der Waals surface area contributed by atoms with Gasteiger partial charge in [-0.1, -0.05) is 0 Å². The monoisotopic (exact) mass is 308 g/mol. The van der Waals surface area contributed by atoms with Crippen molar-refractivity contribution in [2.45, 2.75) is 25.4 Å². The molecule has 2 heterocycles. The number of piperidine rings is 1. The first kappa shape index (κ1) is 14.0. The van der Waals surface area contributed by atoms with Crippen LogP contribution < -0.4 is 5.73 Å². The summed E-state index contributed by atoms with van der Waals surface area (Å²) in [4.78, 5) is 2.40. The molecule has 1 aromatic heterocycles. The molecule has 4 nitrogen and oxygen atoms in total. The zero-order valence-electron chi connectivity index (χ0n) is 9.40. The molecule has 0 amide bonds. The first-order chi connectivity index (χ1) is 7.16. The normalized spacial score (nSPS) is 21.8. The summed E-state index contributed by atoms with van der Waals surface area (Å²) >= 11 is 3.52. The Balaban J connectivity index is 0.00000128. The van der Waals surface area contributed by atoms with Crippen LogP contribution in [0.25, 0.3) is 0 Å². The number of aromatic nitrogens is 2. The Morgan fingerprint density at radius 2 is 2.38 bits per heavy atom. The molecule has 0 radical (unpaired) electrons. The molecule has 1 saturated heterocycles. The maximum atomic E-state index is 5.95. The van der Waals surface area contributed by atoms with Gasteiger partial charge in [0.1, 0.15) is 0 Å². The van der Waals surface area contributed by atoms with Crippen LogP contribution in [0.1, 0.15) is 18.5 Å². The largest absolute Gasteiger partial charge is 0.327 e. The highest BCUT2D eigenvalue weighted by Gasteiger charge is 2.18. The minimum atomic E-state index is 0. The standard InChI is InChI=1S/C10H17BrN4.ClH/c1-14-10(9(11)5-13-14)7-15-4-2-3-8(12)6-15;/h5,8H,2-4,6-7,12H2,1H3;1H/t8-;/m1./s1. The molecule has 1 atom stereocenters. The molecule has 1 aromatic rings. The molecule has 92 valence electrons. The Morgan fingerprint density at radius 3 is 2.94 bits per heavy atom. The lowest BCUT2D eigenvalue weighted by Crippen LogP contribution is -2.42. The highest BCUT2D eigenvalue weighted by molar-refractivity contribution is 9.10. The molecule has 0 spiro atoms. The van der Waals surface area contributed by atoms with Gasteiger partial charge < -0.3 is 5.73 Å². The van der Waals surface area contributed by atoms with Crippen molar-refractivity contribution in [2.75, 3.05) is 13.1 Å². The summed E-state index contributed by atoms with van der Waals surface area (Å²) in [6.07, 6.45) is 4.21. The molecule has 1 aliphatic rings. The summed E-state index contributed by atoms with van der Waals surface area (Å²) in [5.41, 5.74) is 7.18. The number of nitrogens with two attached hydrogens (primary N) is 1. The van der Waals surface area contributed by atoms with Crippen LogP contribution in [0.4, 0.5) is 0 Å². The molecule has 1 fully saturated rings.